The number of ether oxygens (including phenoxy) is 1. The zero-order valence-corrected chi connectivity index (χ0v) is 30.3. The van der Waals surface area contributed by atoms with Gasteiger partial charge in [0.15, 0.2) is 0 Å². The molecule has 0 heterocycles. The molecule has 0 saturated carbocycles. The Hall–Kier alpha value is -3.22. The molecule has 13 nitrogen and oxygen atoms in total. The van der Waals surface area contributed by atoms with E-state index in [9.17, 15) is 33.9 Å². The van der Waals surface area contributed by atoms with Gasteiger partial charge < -0.3 is 36.0 Å². The number of carboxylic acids is 1. The molecule has 0 rings (SSSR count). The highest BCUT2D eigenvalue weighted by Gasteiger charge is 2.44. The maximum atomic E-state index is 13.0. The number of carbonyl (C=O) groups is 6. The third kappa shape index (κ3) is 15.9. The summed E-state index contributed by atoms with van der Waals surface area (Å²) in [6, 6.07) is -0.236. The molecule has 5 N–H and O–H groups in total. The van der Waals surface area contributed by atoms with E-state index in [0.29, 0.717) is 19.4 Å². The summed E-state index contributed by atoms with van der Waals surface area (Å²) in [7, 11) is 0. The van der Waals surface area contributed by atoms with Crippen molar-refractivity contribution in [1.82, 2.24) is 26.2 Å². The molecule has 0 radical (unpaired) electrons. The van der Waals surface area contributed by atoms with E-state index in [1.807, 2.05) is 13.8 Å². The lowest BCUT2D eigenvalue weighted by molar-refractivity contribution is -0.145. The maximum absolute atomic E-state index is 13.0. The molecule has 0 aliphatic carbocycles. The number of carbonyl (C=O) groups excluding carboxylic acids is 5. The monoisotopic (exact) mass is 655 g/mol. The van der Waals surface area contributed by atoms with Crippen LogP contribution in [0.15, 0.2) is 0 Å². The van der Waals surface area contributed by atoms with E-state index < -0.39 is 33.7 Å². The number of nitrogens with zero attached hydrogens (tertiary/aromatic N) is 1. The Balaban J connectivity index is 4.90. The van der Waals surface area contributed by atoms with Gasteiger partial charge in [0.25, 0.3) is 0 Å². The third-order valence-corrected chi connectivity index (χ3v) is 8.25. The standard InChI is InChI=1S/C33H61N5O8/c1-22(2)36-24(39)20-38(21-25(40)37-23(3)4)26(41)13-16-34-28(44)30(5,6)15-18-46-32(9,10)14-17-35-29(45)33(11,12)31(7,8)19-27(42)43/h22-23H,13-21H2,1-12H3,(H,34,44)(H,35,45)(H,36,39)(H,37,40)(H,42,43). The Morgan fingerprint density at radius 3 is 1.65 bits per heavy atom. The number of hydrogen-bond donors (Lipinski definition) is 5. The van der Waals surface area contributed by atoms with Gasteiger partial charge in [-0.15, -0.1) is 0 Å². The average molecular weight is 656 g/mol. The van der Waals surface area contributed by atoms with Crippen molar-refractivity contribution in [2.75, 3.05) is 32.8 Å². The van der Waals surface area contributed by atoms with Crippen molar-refractivity contribution in [3.05, 3.63) is 0 Å². The highest BCUT2D eigenvalue weighted by Crippen LogP contribution is 2.41. The van der Waals surface area contributed by atoms with Crippen molar-refractivity contribution in [1.29, 1.82) is 0 Å². The molecule has 0 atom stereocenters. The molecule has 5 amide bonds. The second-order valence-electron chi connectivity index (χ2n) is 15.0. The zero-order chi connectivity index (χ0) is 36.1. The summed E-state index contributed by atoms with van der Waals surface area (Å²) in [6.07, 6.45) is 0.694. The van der Waals surface area contributed by atoms with E-state index in [4.69, 9.17) is 4.74 Å². The molecule has 0 aromatic carbocycles. The van der Waals surface area contributed by atoms with Crippen LogP contribution >= 0.6 is 0 Å². The Kier molecular flexibility index (Phi) is 16.9. The van der Waals surface area contributed by atoms with Gasteiger partial charge in [-0.3, -0.25) is 28.8 Å². The minimum atomic E-state index is -0.955. The van der Waals surface area contributed by atoms with Crippen LogP contribution in [-0.4, -0.2) is 96.0 Å². The molecule has 0 aliphatic heterocycles. The largest absolute Gasteiger partial charge is 0.481 e. The molecule has 0 saturated heterocycles. The molecule has 13 heteroatoms. The van der Waals surface area contributed by atoms with Crippen LogP contribution in [0, 0.1) is 16.2 Å². The Morgan fingerprint density at radius 1 is 0.717 bits per heavy atom. The van der Waals surface area contributed by atoms with Crippen molar-refractivity contribution in [2.45, 2.75) is 126 Å². The molecule has 46 heavy (non-hydrogen) atoms. The summed E-state index contributed by atoms with van der Waals surface area (Å²) in [5, 5.41) is 20.3. The fourth-order valence-electron chi connectivity index (χ4n) is 4.37. The molecule has 0 aromatic heterocycles. The lowest BCUT2D eigenvalue weighted by atomic mass is 9.65. The first-order valence-corrected chi connectivity index (χ1v) is 16.1. The highest BCUT2D eigenvalue weighted by atomic mass is 16.5. The van der Waals surface area contributed by atoms with Crippen LogP contribution < -0.4 is 21.3 Å². The first-order chi connectivity index (χ1) is 20.8. The number of hydrogen-bond acceptors (Lipinski definition) is 7. The topological polar surface area (TPSA) is 183 Å². The van der Waals surface area contributed by atoms with Crippen molar-refractivity contribution in [3.8, 4) is 0 Å². The van der Waals surface area contributed by atoms with Crippen molar-refractivity contribution in [3.63, 3.8) is 0 Å². The highest BCUT2D eigenvalue weighted by molar-refractivity contribution is 5.89. The van der Waals surface area contributed by atoms with Crippen LogP contribution in [0.25, 0.3) is 0 Å². The molecule has 0 fully saturated rings. The van der Waals surface area contributed by atoms with E-state index in [-0.39, 0.29) is 74.8 Å². The van der Waals surface area contributed by atoms with Crippen LogP contribution in [0.2, 0.25) is 0 Å². The number of carboxylic acid groups (broad SMARTS) is 1. The van der Waals surface area contributed by atoms with Gasteiger partial charge in [-0.2, -0.15) is 0 Å². The Labute approximate surface area is 275 Å². The van der Waals surface area contributed by atoms with Crippen LogP contribution in [0.1, 0.15) is 109 Å². The zero-order valence-electron chi connectivity index (χ0n) is 30.3. The molecule has 0 aromatic rings. The quantitative estimate of drug-likeness (QED) is 0.125. The van der Waals surface area contributed by atoms with Crippen LogP contribution in [0.3, 0.4) is 0 Å². The summed E-state index contributed by atoms with van der Waals surface area (Å²) in [5.74, 6) is -2.63. The molecular weight excluding hydrogens is 594 g/mol. The number of aliphatic carboxylic acids is 1. The first-order valence-electron chi connectivity index (χ1n) is 16.1. The van der Waals surface area contributed by atoms with Crippen molar-refractivity contribution >= 4 is 35.5 Å². The van der Waals surface area contributed by atoms with E-state index >= 15 is 0 Å². The average Bonchev–Trinajstić information content (AvgIpc) is 2.85. The fourth-order valence-corrected chi connectivity index (χ4v) is 4.37. The molecule has 0 spiro atoms. The Bertz CT molecular complexity index is 1040. The molecule has 0 unspecified atom stereocenters. The van der Waals surface area contributed by atoms with E-state index in [0.717, 1.165) is 0 Å². The summed E-state index contributed by atoms with van der Waals surface area (Å²) in [6.45, 7) is 21.7. The van der Waals surface area contributed by atoms with E-state index in [2.05, 4.69) is 21.3 Å². The van der Waals surface area contributed by atoms with Gasteiger partial charge in [0.1, 0.15) is 13.1 Å². The van der Waals surface area contributed by atoms with Crippen LogP contribution in [-0.2, 0) is 33.5 Å². The predicted molar refractivity (Wildman–Crippen MR) is 177 cm³/mol. The number of nitrogens with one attached hydrogen (secondary N) is 4. The normalized spacial score (nSPS) is 12.5. The fraction of sp³-hybridized carbons (Fsp3) is 0.818. The molecule has 0 bridgehead atoms. The van der Waals surface area contributed by atoms with Crippen molar-refractivity contribution < 1.29 is 38.6 Å². The van der Waals surface area contributed by atoms with Gasteiger partial charge in [0.2, 0.25) is 29.5 Å². The summed E-state index contributed by atoms with van der Waals surface area (Å²) in [5.41, 5.74) is -3.05. The number of amides is 5. The van der Waals surface area contributed by atoms with Gasteiger partial charge in [-0.1, -0.05) is 41.5 Å². The van der Waals surface area contributed by atoms with Crippen LogP contribution in [0.5, 0.6) is 0 Å². The minimum absolute atomic E-state index is 0.0425. The SMILES string of the molecule is CC(C)NC(=O)CN(CC(=O)NC(C)C)C(=O)CCNC(=O)C(C)(C)CCOC(C)(C)CCNC(=O)C(C)(C)C(C)(C)CC(=O)O. The minimum Gasteiger partial charge on any atom is -0.481 e. The maximum Gasteiger partial charge on any atom is 0.303 e. The van der Waals surface area contributed by atoms with Gasteiger partial charge in [0.05, 0.1) is 12.0 Å². The summed E-state index contributed by atoms with van der Waals surface area (Å²) >= 11 is 0. The lowest BCUT2D eigenvalue weighted by Crippen LogP contribution is -2.48. The van der Waals surface area contributed by atoms with E-state index in [1.165, 1.54) is 4.90 Å². The molecule has 266 valence electrons. The van der Waals surface area contributed by atoms with Crippen LogP contribution in [0.4, 0.5) is 0 Å². The summed E-state index contributed by atoms with van der Waals surface area (Å²) in [4.78, 5) is 75.8. The van der Waals surface area contributed by atoms with Gasteiger partial charge in [-0.05, 0) is 59.8 Å². The van der Waals surface area contributed by atoms with E-state index in [1.54, 1.807) is 69.2 Å². The molecule has 0 aliphatic rings. The number of rotatable bonds is 21. The smallest absolute Gasteiger partial charge is 0.303 e. The Morgan fingerprint density at radius 2 is 1.20 bits per heavy atom. The first kappa shape index (κ1) is 42.8. The molecular formula is C33H61N5O8. The van der Waals surface area contributed by atoms with Gasteiger partial charge >= 0.3 is 5.97 Å². The third-order valence-electron chi connectivity index (χ3n) is 8.25. The second kappa shape index (κ2) is 18.2. The second-order valence-corrected chi connectivity index (χ2v) is 15.0. The van der Waals surface area contributed by atoms with Crippen molar-refractivity contribution in [2.24, 2.45) is 16.2 Å². The van der Waals surface area contributed by atoms with Gasteiger partial charge in [0, 0.05) is 49.0 Å². The predicted octanol–water partition coefficient (Wildman–Crippen LogP) is 2.62. The lowest BCUT2D eigenvalue weighted by Gasteiger charge is -2.39. The van der Waals surface area contributed by atoms with Gasteiger partial charge in [-0.25, -0.2) is 0 Å². The summed E-state index contributed by atoms with van der Waals surface area (Å²) < 4.78 is 6.06.